The number of rotatable bonds is 4. The van der Waals surface area contributed by atoms with Gasteiger partial charge in [0.25, 0.3) is 0 Å². The second-order valence-electron chi connectivity index (χ2n) is 5.00. The minimum absolute atomic E-state index is 0.0902. The van der Waals surface area contributed by atoms with E-state index in [2.05, 4.69) is 18.3 Å². The van der Waals surface area contributed by atoms with E-state index in [1.807, 2.05) is 36.4 Å². The quantitative estimate of drug-likeness (QED) is 0.678. The van der Waals surface area contributed by atoms with E-state index in [0.29, 0.717) is 16.6 Å². The van der Waals surface area contributed by atoms with Crippen LogP contribution < -0.4 is 5.32 Å². The van der Waals surface area contributed by atoms with Crippen molar-refractivity contribution in [3.63, 3.8) is 0 Å². The molecular weight excluding hydrogens is 305 g/mol. The lowest BCUT2D eigenvalue weighted by atomic mass is 10.2. The van der Waals surface area contributed by atoms with Gasteiger partial charge in [0, 0.05) is 11.9 Å². The van der Waals surface area contributed by atoms with Crippen molar-refractivity contribution >= 4 is 34.2 Å². The van der Waals surface area contributed by atoms with Crippen LogP contribution in [0.5, 0.6) is 0 Å². The highest BCUT2D eigenvalue weighted by atomic mass is 35.5. The first kappa shape index (κ1) is 14.5. The van der Waals surface area contributed by atoms with Crippen LogP contribution in [-0.2, 0) is 6.54 Å². The topological polar surface area (TPSA) is 25.2 Å². The lowest BCUT2D eigenvalue weighted by Crippen LogP contribution is -2.17. The van der Waals surface area contributed by atoms with Crippen LogP contribution in [-0.4, -0.2) is 0 Å². The zero-order valence-electron chi connectivity index (χ0n) is 11.6. The Hall–Kier alpha value is -1.48. The minimum atomic E-state index is 0.0902. The van der Waals surface area contributed by atoms with E-state index < -0.39 is 0 Å². The average molecular weight is 320 g/mol. The Balaban J connectivity index is 1.74. The van der Waals surface area contributed by atoms with Gasteiger partial charge in [0.2, 0.25) is 0 Å². The van der Waals surface area contributed by atoms with Gasteiger partial charge in [-0.15, -0.1) is 0 Å². The molecule has 3 aromatic rings. The second kappa shape index (κ2) is 6.10. The van der Waals surface area contributed by atoms with Crippen LogP contribution in [0, 0.1) is 0 Å². The Morgan fingerprint density at radius 2 is 1.90 bits per heavy atom. The Kier molecular flexibility index (Phi) is 4.20. The Morgan fingerprint density at radius 1 is 1.10 bits per heavy atom. The number of hydrogen-bond donors (Lipinski definition) is 1. The molecule has 0 radical (unpaired) electrons. The zero-order chi connectivity index (χ0) is 14.8. The van der Waals surface area contributed by atoms with Gasteiger partial charge in [0.1, 0.15) is 11.3 Å². The van der Waals surface area contributed by atoms with Gasteiger partial charge < -0.3 is 9.73 Å². The van der Waals surface area contributed by atoms with Crippen LogP contribution in [0.15, 0.2) is 52.9 Å². The van der Waals surface area contributed by atoms with Crippen molar-refractivity contribution in [3.8, 4) is 0 Å². The average Bonchev–Trinajstić information content (AvgIpc) is 2.92. The van der Waals surface area contributed by atoms with Crippen molar-refractivity contribution < 1.29 is 4.42 Å². The predicted molar refractivity (Wildman–Crippen MR) is 87.9 cm³/mol. The van der Waals surface area contributed by atoms with Gasteiger partial charge in [0.05, 0.1) is 16.1 Å². The van der Waals surface area contributed by atoms with Gasteiger partial charge in [-0.1, -0.05) is 53.5 Å². The van der Waals surface area contributed by atoms with Crippen LogP contribution in [0.4, 0.5) is 0 Å². The summed E-state index contributed by atoms with van der Waals surface area (Å²) in [5.41, 5.74) is 1.88. The molecule has 21 heavy (non-hydrogen) atoms. The fourth-order valence-corrected chi connectivity index (χ4v) is 2.65. The lowest BCUT2D eigenvalue weighted by molar-refractivity contribution is 0.451. The van der Waals surface area contributed by atoms with Crippen LogP contribution in [0.2, 0.25) is 10.0 Å². The fraction of sp³-hybridized carbons (Fsp3) is 0.176. The van der Waals surface area contributed by atoms with Gasteiger partial charge in [-0.2, -0.15) is 0 Å². The molecule has 1 unspecified atom stereocenters. The molecule has 0 fully saturated rings. The summed E-state index contributed by atoms with van der Waals surface area (Å²) < 4.78 is 5.85. The molecule has 0 amide bonds. The molecule has 1 atom stereocenters. The smallest absolute Gasteiger partial charge is 0.134 e. The summed E-state index contributed by atoms with van der Waals surface area (Å²) in [5.74, 6) is 0.911. The molecule has 2 nitrogen and oxygen atoms in total. The summed E-state index contributed by atoms with van der Waals surface area (Å²) >= 11 is 12.2. The van der Waals surface area contributed by atoms with Crippen LogP contribution in [0.3, 0.4) is 0 Å². The standard InChI is InChI=1S/C17H15Cl2NO/c1-11(16-9-12-5-2-3-8-15(12)21-16)20-10-13-6-4-7-14(18)17(13)19/h2-9,11,20H,10H2,1H3. The van der Waals surface area contributed by atoms with E-state index in [1.54, 1.807) is 6.07 Å². The molecule has 108 valence electrons. The third-order valence-corrected chi connectivity index (χ3v) is 4.36. The van der Waals surface area contributed by atoms with Crippen molar-refractivity contribution in [2.24, 2.45) is 0 Å². The van der Waals surface area contributed by atoms with Gasteiger partial charge in [0.15, 0.2) is 0 Å². The Morgan fingerprint density at radius 3 is 2.71 bits per heavy atom. The van der Waals surface area contributed by atoms with Crippen LogP contribution in [0.25, 0.3) is 11.0 Å². The maximum atomic E-state index is 6.19. The predicted octanol–water partition coefficient (Wildman–Crippen LogP) is 5.59. The van der Waals surface area contributed by atoms with Gasteiger partial charge in [-0.05, 0) is 30.7 Å². The van der Waals surface area contributed by atoms with E-state index in [1.165, 1.54) is 0 Å². The van der Waals surface area contributed by atoms with Gasteiger partial charge >= 0.3 is 0 Å². The number of halogens is 2. The van der Waals surface area contributed by atoms with Gasteiger partial charge in [-0.25, -0.2) is 0 Å². The lowest BCUT2D eigenvalue weighted by Gasteiger charge is -2.12. The number of fused-ring (bicyclic) bond motifs is 1. The van der Waals surface area contributed by atoms with Crippen LogP contribution >= 0.6 is 23.2 Å². The first-order chi connectivity index (χ1) is 10.1. The largest absolute Gasteiger partial charge is 0.459 e. The molecule has 0 saturated carbocycles. The molecule has 0 aliphatic heterocycles. The van der Waals surface area contributed by atoms with E-state index in [-0.39, 0.29) is 6.04 Å². The summed E-state index contributed by atoms with van der Waals surface area (Å²) in [5, 5.41) is 5.70. The third-order valence-electron chi connectivity index (χ3n) is 3.50. The number of nitrogens with one attached hydrogen (secondary N) is 1. The molecule has 0 aliphatic carbocycles. The highest BCUT2D eigenvalue weighted by Crippen LogP contribution is 2.27. The maximum Gasteiger partial charge on any atom is 0.134 e. The van der Waals surface area contributed by atoms with Crippen molar-refractivity contribution in [1.82, 2.24) is 5.32 Å². The summed E-state index contributed by atoms with van der Waals surface area (Å²) in [6, 6.07) is 15.8. The Labute approximate surface area is 133 Å². The van der Waals surface area contributed by atoms with E-state index in [0.717, 1.165) is 22.3 Å². The molecule has 0 aliphatic rings. The molecule has 4 heteroatoms. The SMILES string of the molecule is CC(NCc1cccc(Cl)c1Cl)c1cc2ccccc2o1. The molecule has 3 rings (SSSR count). The molecule has 0 saturated heterocycles. The van der Waals surface area contributed by atoms with Crippen molar-refractivity contribution in [3.05, 3.63) is 69.9 Å². The second-order valence-corrected chi connectivity index (χ2v) is 5.79. The third kappa shape index (κ3) is 3.08. The maximum absolute atomic E-state index is 6.19. The molecule has 1 aromatic heterocycles. The number of furan rings is 1. The highest BCUT2D eigenvalue weighted by molar-refractivity contribution is 6.42. The molecule has 0 bridgehead atoms. The van der Waals surface area contributed by atoms with Crippen molar-refractivity contribution in [1.29, 1.82) is 0 Å². The van der Waals surface area contributed by atoms with Crippen LogP contribution in [0.1, 0.15) is 24.3 Å². The summed E-state index contributed by atoms with van der Waals surface area (Å²) in [7, 11) is 0. The molecule has 2 aromatic carbocycles. The molecule has 1 N–H and O–H groups in total. The van der Waals surface area contributed by atoms with Crippen molar-refractivity contribution in [2.45, 2.75) is 19.5 Å². The normalized spacial score (nSPS) is 12.7. The van der Waals surface area contributed by atoms with E-state index in [4.69, 9.17) is 27.6 Å². The zero-order valence-corrected chi connectivity index (χ0v) is 13.1. The van der Waals surface area contributed by atoms with E-state index >= 15 is 0 Å². The van der Waals surface area contributed by atoms with Gasteiger partial charge in [-0.3, -0.25) is 0 Å². The summed E-state index contributed by atoms with van der Waals surface area (Å²) in [6.07, 6.45) is 0. The summed E-state index contributed by atoms with van der Waals surface area (Å²) in [6.45, 7) is 2.70. The summed E-state index contributed by atoms with van der Waals surface area (Å²) in [4.78, 5) is 0. The van der Waals surface area contributed by atoms with E-state index in [9.17, 15) is 0 Å². The molecular formula is C17H15Cl2NO. The van der Waals surface area contributed by atoms with Crippen molar-refractivity contribution in [2.75, 3.05) is 0 Å². The fourth-order valence-electron chi connectivity index (χ4n) is 2.26. The monoisotopic (exact) mass is 319 g/mol. The number of para-hydroxylation sites is 1. The Bertz CT molecular complexity index is 733. The minimum Gasteiger partial charge on any atom is -0.459 e. The highest BCUT2D eigenvalue weighted by Gasteiger charge is 2.12. The first-order valence-corrected chi connectivity index (χ1v) is 7.55. The first-order valence-electron chi connectivity index (χ1n) is 6.80. The molecule has 1 heterocycles. The number of hydrogen-bond acceptors (Lipinski definition) is 2. The molecule has 0 spiro atoms. The number of benzene rings is 2.